The van der Waals surface area contributed by atoms with E-state index in [1.807, 2.05) is 18.2 Å². The van der Waals surface area contributed by atoms with Crippen LogP contribution in [0.2, 0.25) is 0 Å². The number of piperidine rings is 1. The van der Waals surface area contributed by atoms with Crippen LogP contribution >= 0.6 is 0 Å². The van der Waals surface area contributed by atoms with E-state index in [2.05, 4.69) is 35.0 Å². The van der Waals surface area contributed by atoms with Gasteiger partial charge in [0.25, 0.3) is 0 Å². The highest BCUT2D eigenvalue weighted by atomic mass is 16.5. The largest absolute Gasteiger partial charge is 0.508 e. The van der Waals surface area contributed by atoms with E-state index >= 15 is 0 Å². The maximum Gasteiger partial charge on any atom is 0.160 e. The molecule has 5 heteroatoms. The molecule has 152 valence electrons. The second-order valence-corrected chi connectivity index (χ2v) is 7.62. The van der Waals surface area contributed by atoms with E-state index in [-0.39, 0.29) is 0 Å². The van der Waals surface area contributed by atoms with Crippen molar-refractivity contribution in [3.63, 3.8) is 0 Å². The maximum absolute atomic E-state index is 9.69. The minimum Gasteiger partial charge on any atom is -0.508 e. The van der Waals surface area contributed by atoms with E-state index in [1.165, 1.54) is 24.0 Å². The first kappa shape index (κ1) is 20.5. The molecule has 0 saturated carbocycles. The van der Waals surface area contributed by atoms with Gasteiger partial charge < -0.3 is 19.5 Å². The molecule has 2 aromatic carbocycles. The highest BCUT2D eigenvalue weighted by Gasteiger charge is 2.23. The number of benzene rings is 2. The Kier molecular flexibility index (Phi) is 7.18. The van der Waals surface area contributed by atoms with E-state index in [4.69, 9.17) is 9.47 Å². The highest BCUT2D eigenvalue weighted by Crippen LogP contribution is 2.28. The SMILES string of the molecule is COc1ccc(CCN(C)[C@H]2CCCN(Cc3cccc(O)c3)C2)cc1OC. The Morgan fingerprint density at radius 3 is 2.64 bits per heavy atom. The van der Waals surface area contributed by atoms with Gasteiger partial charge in [-0.05, 0) is 68.2 Å². The first-order chi connectivity index (χ1) is 13.6. The molecular weight excluding hydrogens is 352 g/mol. The summed E-state index contributed by atoms with van der Waals surface area (Å²) in [6, 6.07) is 14.3. The van der Waals surface area contributed by atoms with Crippen LogP contribution in [0.1, 0.15) is 24.0 Å². The Balaban J connectivity index is 1.53. The average molecular weight is 385 g/mol. The number of phenolic OH excluding ortho intramolecular Hbond substituents is 1. The minimum absolute atomic E-state index is 0.345. The molecular formula is C23H32N2O3. The molecule has 2 aromatic rings. The van der Waals surface area contributed by atoms with Crippen molar-refractivity contribution in [1.82, 2.24) is 9.80 Å². The van der Waals surface area contributed by atoms with Crippen molar-refractivity contribution in [1.29, 1.82) is 0 Å². The van der Waals surface area contributed by atoms with Crippen LogP contribution < -0.4 is 9.47 Å². The molecule has 5 nitrogen and oxygen atoms in total. The molecule has 28 heavy (non-hydrogen) atoms. The van der Waals surface area contributed by atoms with Crippen molar-refractivity contribution in [2.75, 3.05) is 40.9 Å². The molecule has 0 spiro atoms. The third-order valence-electron chi connectivity index (χ3n) is 5.62. The summed E-state index contributed by atoms with van der Waals surface area (Å²) in [7, 11) is 5.57. The van der Waals surface area contributed by atoms with Crippen molar-refractivity contribution in [2.24, 2.45) is 0 Å². The Morgan fingerprint density at radius 2 is 1.89 bits per heavy atom. The monoisotopic (exact) mass is 384 g/mol. The third-order valence-corrected chi connectivity index (χ3v) is 5.62. The van der Waals surface area contributed by atoms with Crippen molar-refractivity contribution >= 4 is 0 Å². The number of hydrogen-bond donors (Lipinski definition) is 1. The summed E-state index contributed by atoms with van der Waals surface area (Å²) in [5.74, 6) is 1.91. The van der Waals surface area contributed by atoms with Gasteiger partial charge in [0.05, 0.1) is 14.2 Å². The Hall–Kier alpha value is -2.24. The first-order valence-electron chi connectivity index (χ1n) is 10.0. The molecule has 0 aromatic heterocycles. The molecule has 3 rings (SSSR count). The van der Waals surface area contributed by atoms with Crippen LogP contribution in [0.15, 0.2) is 42.5 Å². The molecule has 1 saturated heterocycles. The summed E-state index contributed by atoms with van der Waals surface area (Å²) in [4.78, 5) is 4.97. The van der Waals surface area contributed by atoms with Crippen LogP contribution in [-0.2, 0) is 13.0 Å². The smallest absolute Gasteiger partial charge is 0.160 e. The van der Waals surface area contributed by atoms with Crippen molar-refractivity contribution in [2.45, 2.75) is 31.8 Å². The Bertz CT molecular complexity index is 765. The summed E-state index contributed by atoms with van der Waals surface area (Å²) in [6.07, 6.45) is 3.43. The van der Waals surface area contributed by atoms with E-state index in [9.17, 15) is 5.11 Å². The maximum atomic E-state index is 9.69. The number of phenols is 1. The number of hydrogen-bond acceptors (Lipinski definition) is 5. The molecule has 1 atom stereocenters. The number of aromatic hydroxyl groups is 1. The van der Waals surface area contributed by atoms with Crippen molar-refractivity contribution in [3.05, 3.63) is 53.6 Å². The first-order valence-corrected chi connectivity index (χ1v) is 10.0. The summed E-state index contributed by atoms with van der Waals surface area (Å²) in [6.45, 7) is 4.10. The lowest BCUT2D eigenvalue weighted by Crippen LogP contribution is -2.46. The van der Waals surface area contributed by atoms with E-state index < -0.39 is 0 Å². The van der Waals surface area contributed by atoms with Gasteiger partial charge in [0.15, 0.2) is 11.5 Å². The van der Waals surface area contributed by atoms with E-state index in [1.54, 1.807) is 20.3 Å². The van der Waals surface area contributed by atoms with Crippen LogP contribution in [-0.4, -0.2) is 61.8 Å². The van der Waals surface area contributed by atoms with Gasteiger partial charge >= 0.3 is 0 Å². The quantitative estimate of drug-likeness (QED) is 0.754. The molecule has 1 heterocycles. The topological polar surface area (TPSA) is 45.2 Å². The zero-order chi connectivity index (χ0) is 19.9. The number of ether oxygens (including phenoxy) is 2. The molecule has 1 aliphatic rings. The molecule has 1 N–H and O–H groups in total. The van der Waals surface area contributed by atoms with Gasteiger partial charge in [-0.1, -0.05) is 18.2 Å². The van der Waals surface area contributed by atoms with Gasteiger partial charge in [-0.3, -0.25) is 4.90 Å². The van der Waals surface area contributed by atoms with Gasteiger partial charge in [0.1, 0.15) is 5.75 Å². The molecule has 0 unspecified atom stereocenters. The molecule has 0 aliphatic carbocycles. The molecule has 0 amide bonds. The average Bonchev–Trinajstić information content (AvgIpc) is 2.72. The normalized spacial score (nSPS) is 17.6. The Morgan fingerprint density at radius 1 is 1.07 bits per heavy atom. The van der Waals surface area contributed by atoms with Gasteiger partial charge in [-0.15, -0.1) is 0 Å². The summed E-state index contributed by atoms with van der Waals surface area (Å²) in [5, 5.41) is 9.69. The summed E-state index contributed by atoms with van der Waals surface area (Å²) >= 11 is 0. The lowest BCUT2D eigenvalue weighted by atomic mass is 10.0. The van der Waals surface area contributed by atoms with E-state index in [0.29, 0.717) is 11.8 Å². The summed E-state index contributed by atoms with van der Waals surface area (Å²) < 4.78 is 10.7. The van der Waals surface area contributed by atoms with Gasteiger partial charge in [-0.2, -0.15) is 0 Å². The number of nitrogens with zero attached hydrogens (tertiary/aromatic N) is 2. The van der Waals surface area contributed by atoms with Crippen LogP contribution in [0.25, 0.3) is 0 Å². The van der Waals surface area contributed by atoms with Crippen LogP contribution in [0.3, 0.4) is 0 Å². The van der Waals surface area contributed by atoms with E-state index in [0.717, 1.165) is 44.1 Å². The van der Waals surface area contributed by atoms with Crippen LogP contribution in [0, 0.1) is 0 Å². The molecule has 1 aliphatic heterocycles. The number of methoxy groups -OCH3 is 2. The van der Waals surface area contributed by atoms with Gasteiger partial charge in [0.2, 0.25) is 0 Å². The lowest BCUT2D eigenvalue weighted by molar-refractivity contribution is 0.112. The van der Waals surface area contributed by atoms with Crippen LogP contribution in [0.5, 0.6) is 17.2 Å². The Labute approximate surface area is 168 Å². The standard InChI is InChI=1S/C23H32N2O3/c1-24(13-11-18-9-10-22(27-2)23(15-18)28-3)20-7-5-12-25(17-20)16-19-6-4-8-21(26)14-19/h4,6,8-10,14-15,20,26H,5,7,11-13,16-17H2,1-3H3/t20-/m0/s1. The third kappa shape index (κ3) is 5.40. The zero-order valence-corrected chi connectivity index (χ0v) is 17.2. The molecule has 0 bridgehead atoms. The minimum atomic E-state index is 0.345. The molecule has 1 fully saturated rings. The zero-order valence-electron chi connectivity index (χ0n) is 17.2. The predicted octanol–water partition coefficient (Wildman–Crippen LogP) is 3.55. The number of rotatable bonds is 8. The fourth-order valence-corrected chi connectivity index (χ4v) is 3.97. The van der Waals surface area contributed by atoms with Crippen molar-refractivity contribution in [3.8, 4) is 17.2 Å². The highest BCUT2D eigenvalue weighted by molar-refractivity contribution is 5.42. The summed E-state index contributed by atoms with van der Waals surface area (Å²) in [5.41, 5.74) is 2.44. The number of likely N-dealkylation sites (N-methyl/N-ethyl adjacent to an activating group) is 1. The lowest BCUT2D eigenvalue weighted by Gasteiger charge is -2.37. The number of likely N-dealkylation sites (tertiary alicyclic amines) is 1. The molecule has 0 radical (unpaired) electrons. The second kappa shape index (κ2) is 9.80. The van der Waals surface area contributed by atoms with Gasteiger partial charge in [0, 0.05) is 25.7 Å². The second-order valence-electron chi connectivity index (χ2n) is 7.62. The fraction of sp³-hybridized carbons (Fsp3) is 0.478. The fourth-order valence-electron chi connectivity index (χ4n) is 3.97. The van der Waals surface area contributed by atoms with Gasteiger partial charge in [-0.25, -0.2) is 0 Å². The predicted molar refractivity (Wildman–Crippen MR) is 112 cm³/mol. The van der Waals surface area contributed by atoms with Crippen LogP contribution in [0.4, 0.5) is 0 Å². The van der Waals surface area contributed by atoms with Crippen molar-refractivity contribution < 1.29 is 14.6 Å².